The van der Waals surface area contributed by atoms with Gasteiger partial charge < -0.3 is 10.4 Å². The van der Waals surface area contributed by atoms with E-state index < -0.39 is 5.97 Å². The van der Waals surface area contributed by atoms with Gasteiger partial charge in [0.15, 0.2) is 0 Å². The average Bonchev–Trinajstić information content (AvgIpc) is 2.44. The summed E-state index contributed by atoms with van der Waals surface area (Å²) in [6, 6.07) is 9.81. The van der Waals surface area contributed by atoms with E-state index in [-0.39, 0.29) is 12.3 Å². The minimum absolute atomic E-state index is 0.144. The molecule has 0 atom stereocenters. The van der Waals surface area contributed by atoms with E-state index in [1.54, 1.807) is 12.2 Å². The zero-order chi connectivity index (χ0) is 14.6. The standard InChI is InChI=1S/C16H19NO3/c18-15(17-13-7-6-12-16(19)20)11-5-4-10-14-8-2-1-3-9-14/h1-5,8-11H,6-7,12-13H2,(H,17,18)(H,19,20)/b10-4+,11-5+. The number of rotatable bonds is 8. The van der Waals surface area contributed by atoms with Crippen molar-refractivity contribution in [2.45, 2.75) is 19.3 Å². The largest absolute Gasteiger partial charge is 0.481 e. The Morgan fingerprint density at radius 2 is 1.85 bits per heavy atom. The van der Waals surface area contributed by atoms with Crippen molar-refractivity contribution >= 4 is 18.0 Å². The van der Waals surface area contributed by atoms with Gasteiger partial charge in [-0.05, 0) is 18.4 Å². The Balaban J connectivity index is 2.17. The number of allylic oxidation sites excluding steroid dienone is 2. The van der Waals surface area contributed by atoms with Gasteiger partial charge in [-0.3, -0.25) is 9.59 Å². The van der Waals surface area contributed by atoms with Gasteiger partial charge in [-0.25, -0.2) is 0 Å². The molecule has 1 aromatic rings. The van der Waals surface area contributed by atoms with Crippen molar-refractivity contribution in [3.05, 3.63) is 54.1 Å². The number of carboxylic acids is 1. The highest BCUT2D eigenvalue weighted by atomic mass is 16.4. The second kappa shape index (κ2) is 9.55. The van der Waals surface area contributed by atoms with Crippen LogP contribution in [0.15, 0.2) is 48.6 Å². The van der Waals surface area contributed by atoms with Crippen LogP contribution in [0.5, 0.6) is 0 Å². The van der Waals surface area contributed by atoms with Crippen LogP contribution in [0.4, 0.5) is 0 Å². The molecule has 0 bridgehead atoms. The highest BCUT2D eigenvalue weighted by molar-refractivity contribution is 5.87. The van der Waals surface area contributed by atoms with Crippen LogP contribution in [0.1, 0.15) is 24.8 Å². The molecule has 20 heavy (non-hydrogen) atoms. The number of carbonyl (C=O) groups excluding carboxylic acids is 1. The Morgan fingerprint density at radius 3 is 2.55 bits per heavy atom. The zero-order valence-electron chi connectivity index (χ0n) is 11.3. The first-order chi connectivity index (χ1) is 9.68. The molecular formula is C16H19NO3. The lowest BCUT2D eigenvalue weighted by Crippen LogP contribution is -2.22. The summed E-state index contributed by atoms with van der Waals surface area (Å²) in [6.07, 6.45) is 8.25. The fourth-order valence-corrected chi connectivity index (χ4v) is 1.55. The van der Waals surface area contributed by atoms with Crippen molar-refractivity contribution in [3.8, 4) is 0 Å². The Hall–Kier alpha value is -2.36. The van der Waals surface area contributed by atoms with Gasteiger partial charge in [0.1, 0.15) is 0 Å². The monoisotopic (exact) mass is 273 g/mol. The van der Waals surface area contributed by atoms with Gasteiger partial charge in [-0.1, -0.05) is 48.6 Å². The summed E-state index contributed by atoms with van der Waals surface area (Å²) in [5.74, 6) is -0.972. The maximum Gasteiger partial charge on any atom is 0.303 e. The Kier molecular flexibility index (Phi) is 7.50. The number of carbonyl (C=O) groups is 2. The summed E-state index contributed by atoms with van der Waals surface area (Å²) in [5.41, 5.74) is 1.08. The van der Waals surface area contributed by atoms with Crippen molar-refractivity contribution in [3.63, 3.8) is 0 Å². The topological polar surface area (TPSA) is 66.4 Å². The van der Waals surface area contributed by atoms with Crippen molar-refractivity contribution in [1.29, 1.82) is 0 Å². The van der Waals surface area contributed by atoms with E-state index in [0.717, 1.165) is 5.56 Å². The van der Waals surface area contributed by atoms with Gasteiger partial charge in [0.25, 0.3) is 0 Å². The molecule has 1 rings (SSSR count). The number of aliphatic carboxylic acids is 1. The van der Waals surface area contributed by atoms with Crippen LogP contribution >= 0.6 is 0 Å². The molecule has 1 aromatic carbocycles. The fourth-order valence-electron chi connectivity index (χ4n) is 1.55. The van der Waals surface area contributed by atoms with E-state index in [9.17, 15) is 9.59 Å². The van der Waals surface area contributed by atoms with Gasteiger partial charge in [0, 0.05) is 19.0 Å². The van der Waals surface area contributed by atoms with E-state index >= 15 is 0 Å². The first-order valence-corrected chi connectivity index (χ1v) is 6.58. The zero-order valence-corrected chi connectivity index (χ0v) is 11.3. The third kappa shape index (κ3) is 7.87. The molecule has 4 nitrogen and oxygen atoms in total. The van der Waals surface area contributed by atoms with Crippen LogP contribution in [0.3, 0.4) is 0 Å². The molecule has 0 radical (unpaired) electrons. The molecule has 0 heterocycles. The lowest BCUT2D eigenvalue weighted by Gasteiger charge is -2.00. The lowest BCUT2D eigenvalue weighted by atomic mass is 10.2. The molecule has 0 fully saturated rings. The molecule has 1 amide bonds. The van der Waals surface area contributed by atoms with Crippen LogP contribution in [-0.2, 0) is 9.59 Å². The summed E-state index contributed by atoms with van der Waals surface area (Å²) in [6.45, 7) is 0.499. The second-order valence-corrected chi connectivity index (χ2v) is 4.27. The average molecular weight is 273 g/mol. The third-order valence-electron chi connectivity index (χ3n) is 2.56. The van der Waals surface area contributed by atoms with Gasteiger partial charge in [-0.15, -0.1) is 0 Å². The van der Waals surface area contributed by atoms with E-state index in [0.29, 0.717) is 19.4 Å². The molecule has 0 aliphatic heterocycles. The molecule has 4 heteroatoms. The smallest absolute Gasteiger partial charge is 0.303 e. The Morgan fingerprint density at radius 1 is 1.10 bits per heavy atom. The summed E-state index contributed by atoms with van der Waals surface area (Å²) in [5, 5.41) is 11.2. The first-order valence-electron chi connectivity index (χ1n) is 6.58. The number of unbranched alkanes of at least 4 members (excludes halogenated alkanes) is 1. The highest BCUT2D eigenvalue weighted by Gasteiger charge is 1.97. The van der Waals surface area contributed by atoms with Crippen LogP contribution in [0.2, 0.25) is 0 Å². The second-order valence-electron chi connectivity index (χ2n) is 4.27. The predicted molar refractivity (Wildman–Crippen MR) is 79.1 cm³/mol. The van der Waals surface area contributed by atoms with Crippen molar-refractivity contribution in [2.24, 2.45) is 0 Å². The van der Waals surface area contributed by atoms with E-state index in [4.69, 9.17) is 5.11 Å². The number of hydrogen-bond acceptors (Lipinski definition) is 2. The minimum Gasteiger partial charge on any atom is -0.481 e. The number of hydrogen-bond donors (Lipinski definition) is 2. The van der Waals surface area contributed by atoms with Crippen LogP contribution < -0.4 is 5.32 Å². The van der Waals surface area contributed by atoms with Crippen molar-refractivity contribution < 1.29 is 14.7 Å². The summed E-state index contributed by atoms with van der Waals surface area (Å²) >= 11 is 0. The fraction of sp³-hybridized carbons (Fsp3) is 0.250. The Bertz CT molecular complexity index is 478. The molecule has 0 aromatic heterocycles. The van der Waals surface area contributed by atoms with Crippen molar-refractivity contribution in [2.75, 3.05) is 6.54 Å². The predicted octanol–water partition coefficient (Wildman–Crippen LogP) is 2.63. The highest BCUT2D eigenvalue weighted by Crippen LogP contribution is 2.00. The van der Waals surface area contributed by atoms with E-state index in [2.05, 4.69) is 5.32 Å². The number of benzene rings is 1. The molecule has 0 spiro atoms. The number of carboxylic acid groups (broad SMARTS) is 1. The Labute approximate surface area is 118 Å². The first kappa shape index (κ1) is 15.7. The summed E-state index contributed by atoms with van der Waals surface area (Å²) in [7, 11) is 0. The molecule has 0 aliphatic rings. The molecule has 106 valence electrons. The third-order valence-corrected chi connectivity index (χ3v) is 2.56. The molecule has 0 unspecified atom stereocenters. The summed E-state index contributed by atoms with van der Waals surface area (Å²) in [4.78, 5) is 21.7. The number of nitrogens with one attached hydrogen (secondary N) is 1. The van der Waals surface area contributed by atoms with Gasteiger partial charge in [0.2, 0.25) is 5.91 Å². The van der Waals surface area contributed by atoms with Crippen LogP contribution in [0.25, 0.3) is 6.08 Å². The molecular weight excluding hydrogens is 254 g/mol. The molecule has 0 saturated carbocycles. The lowest BCUT2D eigenvalue weighted by molar-refractivity contribution is -0.137. The molecule has 2 N–H and O–H groups in total. The SMILES string of the molecule is O=C(O)CCCCNC(=O)/C=C/C=C/c1ccccc1. The van der Waals surface area contributed by atoms with Gasteiger partial charge in [0.05, 0.1) is 0 Å². The molecule has 0 saturated heterocycles. The maximum absolute atomic E-state index is 11.4. The van der Waals surface area contributed by atoms with E-state index in [1.165, 1.54) is 6.08 Å². The quantitative estimate of drug-likeness (QED) is 0.434. The van der Waals surface area contributed by atoms with Crippen LogP contribution in [0, 0.1) is 0 Å². The van der Waals surface area contributed by atoms with Crippen molar-refractivity contribution in [1.82, 2.24) is 5.32 Å². The molecule has 0 aliphatic carbocycles. The van der Waals surface area contributed by atoms with E-state index in [1.807, 2.05) is 36.4 Å². The van der Waals surface area contributed by atoms with Gasteiger partial charge >= 0.3 is 5.97 Å². The van der Waals surface area contributed by atoms with Gasteiger partial charge in [-0.2, -0.15) is 0 Å². The van der Waals surface area contributed by atoms with Crippen LogP contribution in [-0.4, -0.2) is 23.5 Å². The minimum atomic E-state index is -0.803. The maximum atomic E-state index is 11.4. The normalized spacial score (nSPS) is 11.0. The number of amides is 1. The summed E-state index contributed by atoms with van der Waals surface area (Å²) < 4.78 is 0.